The predicted molar refractivity (Wildman–Crippen MR) is 103 cm³/mol. The molecule has 0 spiro atoms. The lowest BCUT2D eigenvalue weighted by atomic mass is 9.97. The first kappa shape index (κ1) is 16.0. The molecule has 4 rings (SSSR count). The molecule has 3 aromatic carbocycles. The molecule has 5 heteroatoms. The van der Waals surface area contributed by atoms with E-state index in [1.165, 1.54) is 6.07 Å². The average Bonchev–Trinajstić information content (AvgIpc) is 2.88. The summed E-state index contributed by atoms with van der Waals surface area (Å²) in [5.41, 5.74) is 4.64. The Labute approximate surface area is 151 Å². The fourth-order valence-corrected chi connectivity index (χ4v) is 3.18. The van der Waals surface area contributed by atoms with Gasteiger partial charge in [-0.25, -0.2) is 0 Å². The largest absolute Gasteiger partial charge is 0.376 e. The maximum absolute atomic E-state index is 11.1. The number of fused-ring (bicyclic) bond motifs is 1. The van der Waals surface area contributed by atoms with Gasteiger partial charge in [0.2, 0.25) is 0 Å². The fraction of sp³-hybridized carbons (Fsp3) is 0.0952. The Morgan fingerprint density at radius 3 is 2.54 bits per heavy atom. The molecule has 1 atom stereocenters. The van der Waals surface area contributed by atoms with Crippen molar-refractivity contribution >= 4 is 22.8 Å². The van der Waals surface area contributed by atoms with Crippen molar-refractivity contribution in [3.8, 4) is 0 Å². The summed E-state index contributed by atoms with van der Waals surface area (Å²) in [5, 5.41) is 14.7. The number of nitrogens with one attached hydrogen (secondary N) is 1. The molecule has 0 bridgehead atoms. The first-order valence-electron chi connectivity index (χ1n) is 8.43. The fourth-order valence-electron chi connectivity index (χ4n) is 3.18. The number of benzene rings is 3. The minimum Gasteiger partial charge on any atom is -0.376 e. The second kappa shape index (κ2) is 6.80. The van der Waals surface area contributed by atoms with E-state index in [4.69, 9.17) is 4.99 Å². The lowest BCUT2D eigenvalue weighted by Gasteiger charge is -2.19. The second-order valence-electron chi connectivity index (χ2n) is 6.19. The van der Waals surface area contributed by atoms with Crippen LogP contribution >= 0.6 is 0 Å². The van der Waals surface area contributed by atoms with E-state index in [9.17, 15) is 10.1 Å². The Morgan fingerprint density at radius 1 is 0.962 bits per heavy atom. The van der Waals surface area contributed by atoms with Crippen LogP contribution in [0.1, 0.15) is 23.6 Å². The average molecular weight is 343 g/mol. The van der Waals surface area contributed by atoms with Crippen molar-refractivity contribution in [1.82, 2.24) is 0 Å². The van der Waals surface area contributed by atoms with Crippen molar-refractivity contribution in [2.75, 3.05) is 5.32 Å². The minimum atomic E-state index is -0.373. The molecule has 0 aromatic heterocycles. The maximum atomic E-state index is 11.1. The van der Waals surface area contributed by atoms with Crippen LogP contribution in [-0.2, 0) is 0 Å². The number of para-hydroxylation sites is 2. The third-order valence-corrected chi connectivity index (χ3v) is 4.48. The third kappa shape index (κ3) is 3.19. The number of aliphatic imine (C=N–C) groups is 1. The highest BCUT2D eigenvalue weighted by molar-refractivity contribution is 6.04. The zero-order chi connectivity index (χ0) is 17.9. The topological polar surface area (TPSA) is 67.5 Å². The molecule has 0 saturated heterocycles. The molecule has 26 heavy (non-hydrogen) atoms. The number of anilines is 1. The quantitative estimate of drug-likeness (QED) is 0.520. The van der Waals surface area contributed by atoms with E-state index in [0.29, 0.717) is 6.42 Å². The van der Waals surface area contributed by atoms with Crippen LogP contribution in [0.4, 0.5) is 17.1 Å². The second-order valence-corrected chi connectivity index (χ2v) is 6.19. The van der Waals surface area contributed by atoms with Gasteiger partial charge in [0.1, 0.15) is 0 Å². The van der Waals surface area contributed by atoms with Crippen LogP contribution in [0.2, 0.25) is 0 Å². The Hall–Kier alpha value is -3.47. The van der Waals surface area contributed by atoms with Gasteiger partial charge in [-0.1, -0.05) is 54.6 Å². The van der Waals surface area contributed by atoms with Crippen molar-refractivity contribution in [3.05, 3.63) is 100 Å². The zero-order valence-electron chi connectivity index (χ0n) is 14.0. The van der Waals surface area contributed by atoms with Gasteiger partial charge in [-0.3, -0.25) is 15.1 Å². The van der Waals surface area contributed by atoms with Crippen LogP contribution in [0.25, 0.3) is 0 Å². The molecular formula is C21H17N3O2. The van der Waals surface area contributed by atoms with E-state index in [-0.39, 0.29) is 16.7 Å². The summed E-state index contributed by atoms with van der Waals surface area (Å²) in [7, 11) is 0. The molecule has 0 amide bonds. The number of hydrogen-bond donors (Lipinski definition) is 1. The van der Waals surface area contributed by atoms with Crippen molar-refractivity contribution in [1.29, 1.82) is 0 Å². The molecule has 5 nitrogen and oxygen atoms in total. The van der Waals surface area contributed by atoms with Gasteiger partial charge < -0.3 is 5.32 Å². The molecule has 128 valence electrons. The van der Waals surface area contributed by atoms with Crippen LogP contribution < -0.4 is 5.32 Å². The number of nitro benzene ring substituents is 1. The molecule has 1 aliphatic rings. The Morgan fingerprint density at radius 2 is 1.73 bits per heavy atom. The highest BCUT2D eigenvalue weighted by Crippen LogP contribution is 2.35. The first-order valence-corrected chi connectivity index (χ1v) is 8.43. The molecular weight excluding hydrogens is 326 g/mol. The summed E-state index contributed by atoms with van der Waals surface area (Å²) in [6.07, 6.45) is 0.639. The first-order chi connectivity index (χ1) is 12.7. The van der Waals surface area contributed by atoms with E-state index < -0.39 is 0 Å². The van der Waals surface area contributed by atoms with Gasteiger partial charge in [0.05, 0.1) is 28.1 Å². The molecule has 0 unspecified atom stereocenters. The van der Waals surface area contributed by atoms with Gasteiger partial charge in [0.15, 0.2) is 0 Å². The summed E-state index contributed by atoms with van der Waals surface area (Å²) in [4.78, 5) is 15.6. The van der Waals surface area contributed by atoms with Crippen LogP contribution in [0.3, 0.4) is 0 Å². The van der Waals surface area contributed by atoms with Gasteiger partial charge in [0.25, 0.3) is 5.69 Å². The highest BCUT2D eigenvalue weighted by Gasteiger charge is 2.21. The zero-order valence-corrected chi connectivity index (χ0v) is 14.0. The number of nitrogens with zero attached hydrogens (tertiary/aromatic N) is 2. The van der Waals surface area contributed by atoms with E-state index in [1.807, 2.05) is 48.5 Å². The lowest BCUT2D eigenvalue weighted by Crippen LogP contribution is -2.14. The highest BCUT2D eigenvalue weighted by atomic mass is 16.6. The smallest absolute Gasteiger partial charge is 0.270 e. The molecule has 0 aliphatic carbocycles. The molecule has 0 fully saturated rings. The minimum absolute atomic E-state index is 0.0397. The number of hydrogen-bond acceptors (Lipinski definition) is 4. The lowest BCUT2D eigenvalue weighted by molar-refractivity contribution is -0.384. The van der Waals surface area contributed by atoms with Crippen LogP contribution in [0.15, 0.2) is 83.9 Å². The molecule has 0 saturated carbocycles. The Kier molecular flexibility index (Phi) is 4.19. The van der Waals surface area contributed by atoms with E-state index in [1.54, 1.807) is 12.1 Å². The van der Waals surface area contributed by atoms with Gasteiger partial charge in [-0.05, 0) is 17.7 Å². The standard InChI is InChI=1S/C21H17N3O2/c25-24(26)17-10-6-9-16(13-17)21-14-20(15-7-2-1-3-8-15)22-18-11-4-5-12-19(18)23-21/h1-13,20,22H,14H2/t20-/m1/s1. The molecule has 1 heterocycles. The van der Waals surface area contributed by atoms with Crippen LogP contribution in [-0.4, -0.2) is 10.6 Å². The van der Waals surface area contributed by atoms with E-state index in [0.717, 1.165) is 28.2 Å². The van der Waals surface area contributed by atoms with Crippen LogP contribution in [0.5, 0.6) is 0 Å². The number of rotatable bonds is 3. The number of non-ortho nitro benzene ring substituents is 1. The van der Waals surface area contributed by atoms with Crippen molar-refractivity contribution in [2.45, 2.75) is 12.5 Å². The number of nitro groups is 1. The van der Waals surface area contributed by atoms with Gasteiger partial charge in [0, 0.05) is 24.1 Å². The van der Waals surface area contributed by atoms with Crippen LogP contribution in [0, 0.1) is 10.1 Å². The maximum Gasteiger partial charge on any atom is 0.270 e. The summed E-state index contributed by atoms with van der Waals surface area (Å²) < 4.78 is 0. The predicted octanol–water partition coefficient (Wildman–Crippen LogP) is 5.27. The van der Waals surface area contributed by atoms with Crippen molar-refractivity contribution in [3.63, 3.8) is 0 Å². The van der Waals surface area contributed by atoms with Crippen molar-refractivity contribution < 1.29 is 4.92 Å². The Balaban J connectivity index is 1.81. The molecule has 1 N–H and O–H groups in total. The molecule has 1 aliphatic heterocycles. The molecule has 3 aromatic rings. The summed E-state index contributed by atoms with van der Waals surface area (Å²) in [6.45, 7) is 0. The third-order valence-electron chi connectivity index (χ3n) is 4.48. The molecule has 0 radical (unpaired) electrons. The summed E-state index contributed by atoms with van der Waals surface area (Å²) >= 11 is 0. The Bertz CT molecular complexity index is 983. The monoisotopic (exact) mass is 343 g/mol. The van der Waals surface area contributed by atoms with Gasteiger partial charge in [-0.2, -0.15) is 0 Å². The normalized spacial score (nSPS) is 16.0. The van der Waals surface area contributed by atoms with Crippen molar-refractivity contribution in [2.24, 2.45) is 4.99 Å². The van der Waals surface area contributed by atoms with E-state index in [2.05, 4.69) is 17.4 Å². The van der Waals surface area contributed by atoms with E-state index >= 15 is 0 Å². The summed E-state index contributed by atoms with van der Waals surface area (Å²) in [5.74, 6) is 0. The summed E-state index contributed by atoms with van der Waals surface area (Å²) in [6, 6.07) is 24.8. The van der Waals surface area contributed by atoms with Gasteiger partial charge in [-0.15, -0.1) is 0 Å². The SMILES string of the molecule is O=[N+]([O-])c1cccc(C2=Nc3ccccc3N[C@@H](c3ccccc3)C2)c1. The van der Waals surface area contributed by atoms with Gasteiger partial charge >= 0.3 is 0 Å².